The Balaban J connectivity index is 2.31. The SMILES string of the molecule is CN(C)C(=O)CNC(=O)CCC(=O)c1ccccc1. The van der Waals surface area contributed by atoms with Gasteiger partial charge < -0.3 is 10.2 Å². The Kier molecular flexibility index (Phi) is 5.73. The lowest BCUT2D eigenvalue weighted by atomic mass is 10.1. The maximum absolute atomic E-state index is 11.7. The molecule has 1 N–H and O–H groups in total. The number of hydrogen-bond donors (Lipinski definition) is 1. The van der Waals surface area contributed by atoms with Crippen LogP contribution in [0.5, 0.6) is 0 Å². The Hall–Kier alpha value is -2.17. The Morgan fingerprint density at radius 3 is 2.26 bits per heavy atom. The van der Waals surface area contributed by atoms with Crippen LogP contribution in [-0.2, 0) is 9.59 Å². The molecule has 102 valence electrons. The molecule has 0 aliphatic rings. The van der Waals surface area contributed by atoms with Crippen LogP contribution < -0.4 is 5.32 Å². The lowest BCUT2D eigenvalue weighted by Crippen LogP contribution is -2.36. The van der Waals surface area contributed by atoms with Gasteiger partial charge in [0.05, 0.1) is 6.54 Å². The summed E-state index contributed by atoms with van der Waals surface area (Å²) in [7, 11) is 3.24. The zero-order valence-corrected chi connectivity index (χ0v) is 11.2. The predicted octanol–water partition coefficient (Wildman–Crippen LogP) is 0.854. The molecule has 1 aromatic rings. The quantitative estimate of drug-likeness (QED) is 0.773. The van der Waals surface area contributed by atoms with Gasteiger partial charge in [-0.05, 0) is 0 Å². The zero-order chi connectivity index (χ0) is 14.3. The van der Waals surface area contributed by atoms with Crippen molar-refractivity contribution >= 4 is 17.6 Å². The number of likely N-dealkylation sites (N-methyl/N-ethyl adjacent to an activating group) is 1. The first-order chi connectivity index (χ1) is 9.00. The smallest absolute Gasteiger partial charge is 0.241 e. The van der Waals surface area contributed by atoms with Gasteiger partial charge in [-0.2, -0.15) is 0 Å². The Labute approximate surface area is 112 Å². The van der Waals surface area contributed by atoms with Crippen molar-refractivity contribution in [1.82, 2.24) is 10.2 Å². The number of benzene rings is 1. The zero-order valence-electron chi connectivity index (χ0n) is 11.2. The summed E-state index contributed by atoms with van der Waals surface area (Å²) in [6.45, 7) is -0.0363. The molecule has 0 radical (unpaired) electrons. The number of rotatable bonds is 6. The molecule has 0 fully saturated rings. The maximum Gasteiger partial charge on any atom is 0.241 e. The van der Waals surface area contributed by atoms with Gasteiger partial charge in [0.2, 0.25) is 11.8 Å². The van der Waals surface area contributed by atoms with E-state index in [1.54, 1.807) is 38.4 Å². The lowest BCUT2D eigenvalue weighted by molar-refractivity contribution is -0.130. The molecule has 0 atom stereocenters. The van der Waals surface area contributed by atoms with Crippen LogP contribution in [0, 0.1) is 0 Å². The monoisotopic (exact) mass is 262 g/mol. The largest absolute Gasteiger partial charge is 0.347 e. The lowest BCUT2D eigenvalue weighted by Gasteiger charge is -2.10. The molecule has 0 unspecified atom stereocenters. The van der Waals surface area contributed by atoms with Crippen LogP contribution in [0.15, 0.2) is 30.3 Å². The number of carbonyl (C=O) groups is 3. The molecule has 1 rings (SSSR count). The van der Waals surface area contributed by atoms with Gasteiger partial charge in [-0.25, -0.2) is 0 Å². The van der Waals surface area contributed by atoms with E-state index >= 15 is 0 Å². The van der Waals surface area contributed by atoms with Crippen molar-refractivity contribution in [3.05, 3.63) is 35.9 Å². The van der Waals surface area contributed by atoms with E-state index in [0.29, 0.717) is 5.56 Å². The minimum Gasteiger partial charge on any atom is -0.347 e. The van der Waals surface area contributed by atoms with E-state index in [9.17, 15) is 14.4 Å². The van der Waals surface area contributed by atoms with Crippen molar-refractivity contribution in [1.29, 1.82) is 0 Å². The third-order valence-corrected chi connectivity index (χ3v) is 2.61. The number of nitrogens with zero attached hydrogens (tertiary/aromatic N) is 1. The summed E-state index contributed by atoms with van der Waals surface area (Å²) in [5.41, 5.74) is 0.597. The molecule has 0 heterocycles. The third kappa shape index (κ3) is 5.33. The molecule has 0 saturated carbocycles. The second kappa shape index (κ2) is 7.31. The predicted molar refractivity (Wildman–Crippen MR) is 71.7 cm³/mol. The highest BCUT2D eigenvalue weighted by molar-refractivity contribution is 5.98. The fraction of sp³-hybridized carbons (Fsp3) is 0.357. The molecule has 2 amide bonds. The van der Waals surface area contributed by atoms with Crippen molar-refractivity contribution in [2.24, 2.45) is 0 Å². The van der Waals surface area contributed by atoms with E-state index in [2.05, 4.69) is 5.32 Å². The fourth-order valence-electron chi connectivity index (χ4n) is 1.42. The molecule has 5 nitrogen and oxygen atoms in total. The summed E-state index contributed by atoms with van der Waals surface area (Å²) < 4.78 is 0. The van der Waals surface area contributed by atoms with Crippen molar-refractivity contribution < 1.29 is 14.4 Å². The normalized spacial score (nSPS) is 9.79. The van der Waals surface area contributed by atoms with Gasteiger partial charge in [0, 0.05) is 32.5 Å². The van der Waals surface area contributed by atoms with Crippen LogP contribution in [0.1, 0.15) is 23.2 Å². The topological polar surface area (TPSA) is 66.5 Å². The summed E-state index contributed by atoms with van der Waals surface area (Å²) in [6.07, 6.45) is 0.237. The number of nitrogens with one attached hydrogen (secondary N) is 1. The van der Waals surface area contributed by atoms with Crippen LogP contribution in [0.4, 0.5) is 0 Å². The average molecular weight is 262 g/mol. The maximum atomic E-state index is 11.7. The Morgan fingerprint density at radius 2 is 1.68 bits per heavy atom. The van der Waals surface area contributed by atoms with E-state index in [1.807, 2.05) is 6.07 Å². The van der Waals surface area contributed by atoms with Crippen LogP contribution in [0.25, 0.3) is 0 Å². The minimum absolute atomic E-state index is 0.0363. The van der Waals surface area contributed by atoms with Gasteiger partial charge in [0.1, 0.15) is 0 Å². The first kappa shape index (κ1) is 14.9. The van der Waals surface area contributed by atoms with Gasteiger partial charge in [-0.3, -0.25) is 14.4 Å². The standard InChI is InChI=1S/C14H18N2O3/c1-16(2)14(19)10-15-13(18)9-8-12(17)11-6-4-3-5-7-11/h3-7H,8-10H2,1-2H3,(H,15,18). The summed E-state index contributed by atoms with van der Waals surface area (Å²) in [5.74, 6) is -0.545. The highest BCUT2D eigenvalue weighted by Gasteiger charge is 2.10. The number of amides is 2. The molecular formula is C14H18N2O3. The van der Waals surface area contributed by atoms with Gasteiger partial charge in [0.25, 0.3) is 0 Å². The molecule has 19 heavy (non-hydrogen) atoms. The van der Waals surface area contributed by atoms with Gasteiger partial charge >= 0.3 is 0 Å². The number of carbonyl (C=O) groups excluding carboxylic acids is 3. The van der Waals surface area contributed by atoms with Crippen LogP contribution in [0.3, 0.4) is 0 Å². The first-order valence-corrected chi connectivity index (χ1v) is 6.06. The number of hydrogen-bond acceptors (Lipinski definition) is 3. The average Bonchev–Trinajstić information content (AvgIpc) is 2.42. The van der Waals surface area contributed by atoms with Gasteiger partial charge in [-0.1, -0.05) is 30.3 Å². The summed E-state index contributed by atoms with van der Waals surface area (Å²) in [5, 5.41) is 2.49. The second-order valence-corrected chi connectivity index (χ2v) is 4.35. The highest BCUT2D eigenvalue weighted by atomic mass is 16.2. The summed E-state index contributed by atoms with van der Waals surface area (Å²) >= 11 is 0. The molecule has 0 aliphatic heterocycles. The molecule has 0 aliphatic carbocycles. The van der Waals surface area contributed by atoms with E-state index in [-0.39, 0.29) is 37.0 Å². The fourth-order valence-corrected chi connectivity index (χ4v) is 1.42. The Bertz CT molecular complexity index is 455. The molecule has 0 spiro atoms. The van der Waals surface area contributed by atoms with Crippen molar-refractivity contribution in [2.75, 3.05) is 20.6 Å². The Morgan fingerprint density at radius 1 is 1.05 bits per heavy atom. The molecular weight excluding hydrogens is 244 g/mol. The molecule has 5 heteroatoms. The first-order valence-electron chi connectivity index (χ1n) is 6.06. The van der Waals surface area contributed by atoms with Crippen LogP contribution in [0.2, 0.25) is 0 Å². The van der Waals surface area contributed by atoms with E-state index < -0.39 is 0 Å². The molecule has 0 saturated heterocycles. The van der Waals surface area contributed by atoms with Crippen LogP contribution >= 0.6 is 0 Å². The second-order valence-electron chi connectivity index (χ2n) is 4.35. The van der Waals surface area contributed by atoms with Gasteiger partial charge in [-0.15, -0.1) is 0 Å². The van der Waals surface area contributed by atoms with E-state index in [0.717, 1.165) is 0 Å². The van der Waals surface area contributed by atoms with E-state index in [1.165, 1.54) is 4.90 Å². The summed E-state index contributed by atoms with van der Waals surface area (Å²) in [6, 6.07) is 8.83. The molecule has 0 aromatic heterocycles. The van der Waals surface area contributed by atoms with Crippen molar-refractivity contribution in [3.8, 4) is 0 Å². The molecule has 0 bridgehead atoms. The van der Waals surface area contributed by atoms with Crippen LogP contribution in [-0.4, -0.2) is 43.1 Å². The highest BCUT2D eigenvalue weighted by Crippen LogP contribution is 2.04. The van der Waals surface area contributed by atoms with Crippen molar-refractivity contribution in [2.45, 2.75) is 12.8 Å². The van der Waals surface area contributed by atoms with Gasteiger partial charge in [0.15, 0.2) is 5.78 Å². The summed E-state index contributed by atoms with van der Waals surface area (Å²) in [4.78, 5) is 35.9. The number of ketones is 1. The molecule has 1 aromatic carbocycles. The third-order valence-electron chi connectivity index (χ3n) is 2.61. The minimum atomic E-state index is -0.292. The van der Waals surface area contributed by atoms with E-state index in [4.69, 9.17) is 0 Å². The number of Topliss-reactive ketones (excluding diaryl/α,β-unsaturated/α-hetero) is 1. The van der Waals surface area contributed by atoms with Crippen molar-refractivity contribution in [3.63, 3.8) is 0 Å².